The van der Waals surface area contributed by atoms with Crippen LogP contribution < -0.4 is 0 Å². The Bertz CT molecular complexity index is 3080. The van der Waals surface area contributed by atoms with Crippen molar-refractivity contribution < 1.29 is 0 Å². The molecule has 0 radical (unpaired) electrons. The van der Waals surface area contributed by atoms with Crippen LogP contribution in [0.4, 0.5) is 0 Å². The molecular formula is C52H36N4. The Morgan fingerprint density at radius 3 is 1.66 bits per heavy atom. The standard InChI is InChI=1S/C52H36N4/c1-52(2)44-27-13-12-24-39(44)41-31-43-42-30-36(28-29-46(42)56(47(43)32-45(41)52)37-22-10-5-11-23-37)38-25-14-20-33-21-15-26-40(48(33)38)51-54-49(34-16-6-3-7-17-34)53-50(55-51)35-18-8-4-9-19-35/h3-32H,1-2H3. The van der Waals surface area contributed by atoms with Crippen molar-refractivity contribution in [2.24, 2.45) is 0 Å². The molecule has 2 aromatic heterocycles. The normalized spacial score (nSPS) is 13.0. The molecule has 11 rings (SSSR count). The van der Waals surface area contributed by atoms with E-state index in [0.717, 1.165) is 44.3 Å². The van der Waals surface area contributed by atoms with Crippen LogP contribution in [0.3, 0.4) is 0 Å². The van der Waals surface area contributed by atoms with E-state index >= 15 is 0 Å². The minimum atomic E-state index is -0.0988. The number of benzene rings is 8. The summed E-state index contributed by atoms with van der Waals surface area (Å²) in [6, 6.07) is 64.8. The summed E-state index contributed by atoms with van der Waals surface area (Å²) in [4.78, 5) is 15.3. The number of nitrogens with zero attached hydrogens (tertiary/aromatic N) is 4. The molecule has 56 heavy (non-hydrogen) atoms. The van der Waals surface area contributed by atoms with Gasteiger partial charge in [0.25, 0.3) is 0 Å². The molecule has 4 nitrogen and oxygen atoms in total. The second kappa shape index (κ2) is 12.4. The number of fused-ring (bicyclic) bond motifs is 7. The molecular weight excluding hydrogens is 681 g/mol. The molecule has 0 fully saturated rings. The lowest BCUT2D eigenvalue weighted by Gasteiger charge is -2.21. The fraction of sp³-hybridized carbons (Fsp3) is 0.0577. The van der Waals surface area contributed by atoms with Crippen LogP contribution in [-0.2, 0) is 5.41 Å². The Kier molecular flexibility index (Phi) is 7.17. The van der Waals surface area contributed by atoms with E-state index < -0.39 is 0 Å². The van der Waals surface area contributed by atoms with E-state index in [9.17, 15) is 0 Å². The van der Waals surface area contributed by atoms with Crippen molar-refractivity contribution in [2.75, 3.05) is 0 Å². The Labute approximate surface area is 325 Å². The fourth-order valence-corrected chi connectivity index (χ4v) is 8.93. The van der Waals surface area contributed by atoms with Gasteiger partial charge in [-0.1, -0.05) is 159 Å². The largest absolute Gasteiger partial charge is 0.309 e. The molecule has 10 aromatic rings. The molecule has 1 aliphatic carbocycles. The first-order valence-electron chi connectivity index (χ1n) is 19.2. The lowest BCUT2D eigenvalue weighted by Crippen LogP contribution is -2.14. The predicted molar refractivity (Wildman–Crippen MR) is 231 cm³/mol. The smallest absolute Gasteiger partial charge is 0.164 e. The van der Waals surface area contributed by atoms with Crippen molar-refractivity contribution in [1.29, 1.82) is 0 Å². The zero-order chi connectivity index (χ0) is 37.4. The number of hydrogen-bond acceptors (Lipinski definition) is 3. The van der Waals surface area contributed by atoms with Crippen LogP contribution in [0.1, 0.15) is 25.0 Å². The Morgan fingerprint density at radius 2 is 0.964 bits per heavy atom. The molecule has 0 saturated carbocycles. The van der Waals surface area contributed by atoms with Gasteiger partial charge in [0.2, 0.25) is 0 Å². The SMILES string of the molecule is CC1(C)c2ccccc2-c2cc3c4cc(-c5cccc6cccc(-c7nc(-c8ccccc8)nc(-c8ccccc8)n7)c56)ccc4n(-c4ccccc4)c3cc21. The second-order valence-electron chi connectivity index (χ2n) is 15.2. The highest BCUT2D eigenvalue weighted by Crippen LogP contribution is 2.51. The van der Waals surface area contributed by atoms with Crippen molar-refractivity contribution in [1.82, 2.24) is 19.5 Å². The van der Waals surface area contributed by atoms with Gasteiger partial charge >= 0.3 is 0 Å². The molecule has 0 saturated heterocycles. The first-order valence-corrected chi connectivity index (χ1v) is 19.2. The Morgan fingerprint density at radius 1 is 0.393 bits per heavy atom. The van der Waals surface area contributed by atoms with Crippen molar-refractivity contribution in [3.8, 4) is 62.1 Å². The fourth-order valence-electron chi connectivity index (χ4n) is 8.93. The highest BCUT2D eigenvalue weighted by molar-refractivity contribution is 6.14. The van der Waals surface area contributed by atoms with Gasteiger partial charge in [0.1, 0.15) is 0 Å². The van der Waals surface area contributed by atoms with E-state index in [0.29, 0.717) is 17.5 Å². The zero-order valence-corrected chi connectivity index (χ0v) is 31.1. The van der Waals surface area contributed by atoms with E-state index in [1.54, 1.807) is 0 Å². The van der Waals surface area contributed by atoms with Gasteiger partial charge in [-0.3, -0.25) is 0 Å². The van der Waals surface area contributed by atoms with Gasteiger partial charge in [-0.25, -0.2) is 15.0 Å². The minimum absolute atomic E-state index is 0.0988. The van der Waals surface area contributed by atoms with Crippen LogP contribution >= 0.6 is 0 Å². The summed E-state index contributed by atoms with van der Waals surface area (Å²) < 4.78 is 2.43. The molecule has 0 N–H and O–H groups in total. The first-order chi connectivity index (χ1) is 27.5. The third kappa shape index (κ3) is 4.96. The maximum absolute atomic E-state index is 5.15. The highest BCUT2D eigenvalue weighted by Gasteiger charge is 2.36. The zero-order valence-electron chi connectivity index (χ0n) is 31.1. The molecule has 0 atom stereocenters. The van der Waals surface area contributed by atoms with Gasteiger partial charge in [-0.05, 0) is 75.2 Å². The Balaban J connectivity index is 1.16. The molecule has 2 heterocycles. The topological polar surface area (TPSA) is 43.6 Å². The molecule has 0 unspecified atom stereocenters. The monoisotopic (exact) mass is 716 g/mol. The van der Waals surface area contributed by atoms with E-state index in [2.05, 4.69) is 164 Å². The highest BCUT2D eigenvalue weighted by atomic mass is 15.0. The van der Waals surface area contributed by atoms with Crippen LogP contribution in [0, 0.1) is 0 Å². The molecule has 0 spiro atoms. The molecule has 1 aliphatic rings. The summed E-state index contributed by atoms with van der Waals surface area (Å²) in [6.07, 6.45) is 0. The summed E-state index contributed by atoms with van der Waals surface area (Å²) in [6.45, 7) is 4.71. The lowest BCUT2D eigenvalue weighted by molar-refractivity contribution is 0.661. The number of para-hydroxylation sites is 1. The van der Waals surface area contributed by atoms with E-state index in [4.69, 9.17) is 15.0 Å². The summed E-state index contributed by atoms with van der Waals surface area (Å²) in [5.74, 6) is 1.95. The third-order valence-electron chi connectivity index (χ3n) is 11.6. The van der Waals surface area contributed by atoms with Crippen molar-refractivity contribution in [3.63, 3.8) is 0 Å². The van der Waals surface area contributed by atoms with Gasteiger partial charge in [0.05, 0.1) is 11.0 Å². The molecule has 8 aromatic carbocycles. The van der Waals surface area contributed by atoms with Crippen molar-refractivity contribution in [2.45, 2.75) is 19.3 Å². The van der Waals surface area contributed by atoms with Crippen LogP contribution in [-0.4, -0.2) is 19.5 Å². The third-order valence-corrected chi connectivity index (χ3v) is 11.6. The minimum Gasteiger partial charge on any atom is -0.309 e. The van der Waals surface area contributed by atoms with Crippen LogP contribution in [0.5, 0.6) is 0 Å². The van der Waals surface area contributed by atoms with Gasteiger partial charge in [0.15, 0.2) is 17.5 Å². The first kappa shape index (κ1) is 32.3. The molecule has 0 bridgehead atoms. The quantitative estimate of drug-likeness (QED) is 0.178. The number of hydrogen-bond donors (Lipinski definition) is 0. The molecule has 264 valence electrons. The summed E-state index contributed by atoms with van der Waals surface area (Å²) >= 11 is 0. The molecule has 0 amide bonds. The van der Waals surface area contributed by atoms with Gasteiger partial charge < -0.3 is 4.57 Å². The van der Waals surface area contributed by atoms with Gasteiger partial charge in [0, 0.05) is 44.0 Å². The number of aromatic nitrogens is 4. The van der Waals surface area contributed by atoms with Crippen molar-refractivity contribution >= 4 is 32.6 Å². The Hall–Kier alpha value is -7.17. The van der Waals surface area contributed by atoms with E-state index in [-0.39, 0.29) is 5.41 Å². The van der Waals surface area contributed by atoms with Gasteiger partial charge in [-0.2, -0.15) is 0 Å². The van der Waals surface area contributed by atoms with Crippen LogP contribution in [0.25, 0.3) is 94.7 Å². The average molecular weight is 717 g/mol. The molecule has 4 heteroatoms. The average Bonchev–Trinajstić information content (AvgIpc) is 3.70. The summed E-state index contributed by atoms with van der Waals surface area (Å²) in [5, 5.41) is 4.71. The second-order valence-corrected chi connectivity index (χ2v) is 15.2. The van der Waals surface area contributed by atoms with Crippen LogP contribution in [0.15, 0.2) is 182 Å². The number of rotatable bonds is 5. The molecule has 0 aliphatic heterocycles. The maximum Gasteiger partial charge on any atom is 0.164 e. The van der Waals surface area contributed by atoms with E-state index in [1.807, 2.05) is 36.4 Å². The van der Waals surface area contributed by atoms with E-state index in [1.165, 1.54) is 44.1 Å². The predicted octanol–water partition coefficient (Wildman–Crippen LogP) is 13.1. The van der Waals surface area contributed by atoms with Crippen molar-refractivity contribution in [3.05, 3.63) is 193 Å². The van der Waals surface area contributed by atoms with Gasteiger partial charge in [-0.15, -0.1) is 0 Å². The lowest BCUT2D eigenvalue weighted by atomic mass is 9.82. The summed E-state index contributed by atoms with van der Waals surface area (Å²) in [7, 11) is 0. The van der Waals surface area contributed by atoms with Crippen LogP contribution in [0.2, 0.25) is 0 Å². The maximum atomic E-state index is 5.15. The summed E-state index contributed by atoms with van der Waals surface area (Å²) in [5.41, 5.74) is 14.0.